The topological polar surface area (TPSA) is 22.9 Å². The van der Waals surface area contributed by atoms with Gasteiger partial charge in [0.05, 0.1) is 5.69 Å². The van der Waals surface area contributed by atoms with E-state index in [0.29, 0.717) is 0 Å². The highest BCUT2D eigenvalue weighted by Gasteiger charge is 2.23. The van der Waals surface area contributed by atoms with Crippen molar-refractivity contribution in [3.8, 4) is 11.1 Å². The van der Waals surface area contributed by atoms with Crippen LogP contribution < -0.4 is 14.7 Å². The highest BCUT2D eigenvalue weighted by atomic mass is 16.3. The van der Waals surface area contributed by atoms with Gasteiger partial charge in [-0.3, -0.25) is 0 Å². The average Bonchev–Trinajstić information content (AvgIpc) is 3.79. The molecule has 4 heteroatoms. The minimum Gasteiger partial charge on any atom is -0.455 e. The summed E-state index contributed by atoms with van der Waals surface area (Å²) in [4.78, 5) is 7.10. The van der Waals surface area contributed by atoms with Crippen molar-refractivity contribution in [2.45, 2.75) is 0 Å². The maximum atomic E-state index is 6.66. The summed E-state index contributed by atoms with van der Waals surface area (Å²) in [6.07, 6.45) is 0. The first-order chi connectivity index (χ1) is 32.8. The molecule has 0 N–H and O–H groups in total. The standard InChI is InChI=1S/C62H43N3O/c1-5-21-44(22-6-1)53-33-15-17-37-59(53)65(50-31-19-29-48(41-50)63(45-23-7-2-8-24-45)46-25-9-3-10-26-46)51-32-20-30-49(42-51)64(47-27-11-4-12-28-47)52-39-40-55-54-34-13-14-35-56(54)62-61(58(55)43-52)57-36-16-18-38-60(57)66-62/h1-43H. The molecule has 0 spiro atoms. The number of hydrogen-bond acceptors (Lipinski definition) is 4. The van der Waals surface area contributed by atoms with Crippen LogP contribution in [0.4, 0.5) is 51.2 Å². The number of benzene rings is 11. The molecule has 0 bridgehead atoms. The first kappa shape index (κ1) is 38.8. The lowest BCUT2D eigenvalue weighted by Gasteiger charge is -2.32. The molecule has 12 rings (SSSR count). The lowest BCUT2D eigenvalue weighted by molar-refractivity contribution is 0.673. The molecule has 0 aliphatic heterocycles. The molecule has 0 unspecified atom stereocenters. The smallest absolute Gasteiger partial charge is 0.143 e. The van der Waals surface area contributed by atoms with Crippen molar-refractivity contribution in [2.75, 3.05) is 14.7 Å². The Kier molecular flexibility index (Phi) is 9.81. The minimum atomic E-state index is 0.888. The summed E-state index contributed by atoms with van der Waals surface area (Å²) in [5, 5.41) is 6.88. The number of rotatable bonds is 10. The molecule has 0 radical (unpaired) electrons. The van der Waals surface area contributed by atoms with Crippen LogP contribution in [0.2, 0.25) is 0 Å². The van der Waals surface area contributed by atoms with Crippen LogP contribution in [-0.4, -0.2) is 0 Å². The highest BCUT2D eigenvalue weighted by Crippen LogP contribution is 2.47. The third kappa shape index (κ3) is 6.89. The van der Waals surface area contributed by atoms with Crippen LogP contribution >= 0.6 is 0 Å². The van der Waals surface area contributed by atoms with Crippen LogP contribution in [-0.2, 0) is 0 Å². The van der Waals surface area contributed by atoms with Crippen LogP contribution in [0.5, 0.6) is 0 Å². The summed E-state index contributed by atoms with van der Waals surface area (Å²) in [6.45, 7) is 0. The maximum Gasteiger partial charge on any atom is 0.143 e. The van der Waals surface area contributed by atoms with Gasteiger partial charge in [0.1, 0.15) is 11.2 Å². The van der Waals surface area contributed by atoms with Gasteiger partial charge in [0.15, 0.2) is 0 Å². The van der Waals surface area contributed by atoms with Crippen LogP contribution in [0.1, 0.15) is 0 Å². The summed E-state index contributed by atoms with van der Waals surface area (Å²) < 4.78 is 6.66. The van der Waals surface area contributed by atoms with Gasteiger partial charge in [-0.05, 0) is 119 Å². The molecule has 0 atom stereocenters. The molecule has 1 heterocycles. The lowest BCUT2D eigenvalue weighted by atomic mass is 9.96. The molecular weight excluding hydrogens is 803 g/mol. The van der Waals surface area contributed by atoms with Crippen molar-refractivity contribution in [2.24, 2.45) is 0 Å². The van der Waals surface area contributed by atoms with Gasteiger partial charge in [-0.25, -0.2) is 0 Å². The number of hydrogen-bond donors (Lipinski definition) is 0. The monoisotopic (exact) mass is 845 g/mol. The molecule has 0 saturated carbocycles. The van der Waals surface area contributed by atoms with Gasteiger partial charge in [-0.1, -0.05) is 164 Å². The summed E-state index contributed by atoms with van der Waals surface area (Å²) in [7, 11) is 0. The molecule has 0 saturated heterocycles. The summed E-state index contributed by atoms with van der Waals surface area (Å²) in [5.41, 5.74) is 13.6. The Morgan fingerprint density at radius 3 is 1.29 bits per heavy atom. The molecule has 0 fully saturated rings. The SMILES string of the molecule is c1ccc(-c2ccccc2N(c2cccc(N(c3ccccc3)c3ccccc3)c2)c2cccc(N(c3ccccc3)c3ccc4c5ccccc5c5oc6ccccc6c5c4c3)c2)cc1. The number of nitrogens with zero attached hydrogens (tertiary/aromatic N) is 3. The van der Waals surface area contributed by atoms with Crippen molar-refractivity contribution in [1.82, 2.24) is 0 Å². The largest absolute Gasteiger partial charge is 0.455 e. The molecule has 11 aromatic carbocycles. The minimum absolute atomic E-state index is 0.888. The summed E-state index contributed by atoms with van der Waals surface area (Å²) in [5.74, 6) is 0. The van der Waals surface area contributed by atoms with Crippen molar-refractivity contribution in [1.29, 1.82) is 0 Å². The normalized spacial score (nSPS) is 11.3. The average molecular weight is 846 g/mol. The second-order valence-corrected chi connectivity index (χ2v) is 16.5. The third-order valence-corrected chi connectivity index (χ3v) is 12.6. The van der Waals surface area contributed by atoms with E-state index in [4.69, 9.17) is 4.42 Å². The van der Waals surface area contributed by atoms with E-state index in [1.165, 1.54) is 10.8 Å². The quantitative estimate of drug-likeness (QED) is 0.128. The Labute approximate surface area is 384 Å². The molecule has 312 valence electrons. The molecular formula is C62H43N3O. The zero-order chi connectivity index (χ0) is 43.8. The lowest BCUT2D eigenvalue weighted by Crippen LogP contribution is -2.15. The Hall–Kier alpha value is -8.86. The van der Waals surface area contributed by atoms with Gasteiger partial charge in [0.2, 0.25) is 0 Å². The fourth-order valence-corrected chi connectivity index (χ4v) is 9.66. The van der Waals surface area contributed by atoms with E-state index in [1.807, 2.05) is 6.07 Å². The molecule has 0 amide bonds. The van der Waals surface area contributed by atoms with Gasteiger partial charge in [0, 0.05) is 67.2 Å². The molecule has 0 aliphatic rings. The maximum absolute atomic E-state index is 6.66. The van der Waals surface area contributed by atoms with Crippen molar-refractivity contribution >= 4 is 94.7 Å². The van der Waals surface area contributed by atoms with Gasteiger partial charge in [0.25, 0.3) is 0 Å². The van der Waals surface area contributed by atoms with Gasteiger partial charge >= 0.3 is 0 Å². The number of fused-ring (bicyclic) bond motifs is 8. The van der Waals surface area contributed by atoms with Gasteiger partial charge < -0.3 is 19.1 Å². The van der Waals surface area contributed by atoms with Gasteiger partial charge in [-0.15, -0.1) is 0 Å². The predicted molar refractivity (Wildman–Crippen MR) is 278 cm³/mol. The first-order valence-electron chi connectivity index (χ1n) is 22.4. The van der Waals surface area contributed by atoms with E-state index in [-0.39, 0.29) is 0 Å². The molecule has 66 heavy (non-hydrogen) atoms. The van der Waals surface area contributed by atoms with Crippen LogP contribution in [0.15, 0.2) is 265 Å². The van der Waals surface area contributed by atoms with Crippen molar-refractivity contribution in [3.05, 3.63) is 261 Å². The van der Waals surface area contributed by atoms with E-state index >= 15 is 0 Å². The number of furan rings is 1. The Morgan fingerprint density at radius 1 is 0.258 bits per heavy atom. The first-order valence-corrected chi connectivity index (χ1v) is 22.4. The zero-order valence-electron chi connectivity index (χ0n) is 36.1. The third-order valence-electron chi connectivity index (χ3n) is 12.6. The number of anilines is 9. The second kappa shape index (κ2) is 16.7. The van der Waals surface area contributed by atoms with E-state index < -0.39 is 0 Å². The van der Waals surface area contributed by atoms with Crippen LogP contribution in [0.25, 0.3) is 54.6 Å². The molecule has 1 aromatic heterocycles. The highest BCUT2D eigenvalue weighted by molar-refractivity contribution is 6.30. The van der Waals surface area contributed by atoms with Crippen molar-refractivity contribution < 1.29 is 4.42 Å². The Balaban J connectivity index is 1.07. The van der Waals surface area contributed by atoms with E-state index in [9.17, 15) is 0 Å². The zero-order valence-corrected chi connectivity index (χ0v) is 36.1. The van der Waals surface area contributed by atoms with E-state index in [0.717, 1.165) is 95.0 Å². The predicted octanol–water partition coefficient (Wildman–Crippen LogP) is 18.0. The molecule has 0 aliphatic carbocycles. The Bertz CT molecular complexity index is 3620. The summed E-state index contributed by atoms with van der Waals surface area (Å²) >= 11 is 0. The molecule has 12 aromatic rings. The van der Waals surface area contributed by atoms with Crippen molar-refractivity contribution in [3.63, 3.8) is 0 Å². The van der Waals surface area contributed by atoms with E-state index in [1.54, 1.807) is 0 Å². The molecule has 4 nitrogen and oxygen atoms in total. The van der Waals surface area contributed by atoms with Crippen LogP contribution in [0.3, 0.4) is 0 Å². The Morgan fingerprint density at radius 2 is 0.682 bits per heavy atom. The summed E-state index contributed by atoms with van der Waals surface area (Å²) in [6, 6.07) is 93.0. The fraction of sp³-hybridized carbons (Fsp3) is 0. The fourth-order valence-electron chi connectivity index (χ4n) is 9.66. The van der Waals surface area contributed by atoms with Crippen LogP contribution in [0, 0.1) is 0 Å². The number of para-hydroxylation sites is 5. The second-order valence-electron chi connectivity index (χ2n) is 16.5. The van der Waals surface area contributed by atoms with E-state index in [2.05, 4.69) is 269 Å². The van der Waals surface area contributed by atoms with Gasteiger partial charge in [-0.2, -0.15) is 0 Å².